The first-order chi connectivity index (χ1) is 14.7. The van der Waals surface area contributed by atoms with E-state index in [1.807, 2.05) is 4.90 Å². The topological polar surface area (TPSA) is 74.9 Å². The summed E-state index contributed by atoms with van der Waals surface area (Å²) in [7, 11) is 0. The summed E-state index contributed by atoms with van der Waals surface area (Å²) in [5.74, 6) is 2.02. The minimum Gasteiger partial charge on any atom is -0.486 e. The molecule has 0 bridgehead atoms. The van der Waals surface area contributed by atoms with Crippen molar-refractivity contribution in [2.45, 2.75) is 43.5 Å². The Labute approximate surface area is 178 Å². The summed E-state index contributed by atoms with van der Waals surface area (Å²) in [4.78, 5) is 14.1. The van der Waals surface area contributed by atoms with Crippen molar-refractivity contribution in [2.75, 3.05) is 32.8 Å². The first-order valence-electron chi connectivity index (χ1n) is 11.2. The maximum Gasteiger partial charge on any atom is 0.245 e. The fourth-order valence-corrected chi connectivity index (χ4v) is 5.39. The predicted octanol–water partition coefficient (Wildman–Crippen LogP) is 1.38. The van der Waals surface area contributed by atoms with E-state index in [1.54, 1.807) is 0 Å². The van der Waals surface area contributed by atoms with Crippen LogP contribution in [0.4, 0.5) is 0 Å². The number of nitrogens with zero attached hydrogens (tertiary/aromatic N) is 1. The maximum absolute atomic E-state index is 12.1. The van der Waals surface area contributed by atoms with Crippen molar-refractivity contribution in [3.63, 3.8) is 0 Å². The van der Waals surface area contributed by atoms with Gasteiger partial charge in [-0.2, -0.15) is 0 Å². The van der Waals surface area contributed by atoms with Gasteiger partial charge < -0.3 is 19.7 Å². The summed E-state index contributed by atoms with van der Waals surface area (Å²) >= 11 is 0. The SMILES string of the molecule is C=CC(=O)N1CCCC(C2CC3CNNC3C(c3ccc(OC4COC4)cc3)N2)C1. The average molecular weight is 413 g/mol. The van der Waals surface area contributed by atoms with Crippen LogP contribution < -0.4 is 20.9 Å². The zero-order valence-corrected chi connectivity index (χ0v) is 17.4. The van der Waals surface area contributed by atoms with Gasteiger partial charge in [-0.15, -0.1) is 0 Å². The highest BCUT2D eigenvalue weighted by molar-refractivity contribution is 5.87. The van der Waals surface area contributed by atoms with Crippen LogP contribution in [0, 0.1) is 11.8 Å². The molecule has 4 saturated heterocycles. The molecular formula is C23H32N4O3. The van der Waals surface area contributed by atoms with Crippen molar-refractivity contribution in [1.82, 2.24) is 21.1 Å². The van der Waals surface area contributed by atoms with Crippen LogP contribution in [0.3, 0.4) is 0 Å². The van der Waals surface area contributed by atoms with Crippen LogP contribution in [-0.2, 0) is 9.53 Å². The molecule has 162 valence electrons. The van der Waals surface area contributed by atoms with Gasteiger partial charge >= 0.3 is 0 Å². The summed E-state index contributed by atoms with van der Waals surface area (Å²) in [6.45, 7) is 7.68. The van der Waals surface area contributed by atoms with Crippen LogP contribution in [0.2, 0.25) is 0 Å². The van der Waals surface area contributed by atoms with E-state index in [1.165, 1.54) is 18.1 Å². The maximum atomic E-state index is 12.1. The number of hydrazine groups is 1. The first kappa shape index (κ1) is 20.0. The van der Waals surface area contributed by atoms with E-state index in [-0.39, 0.29) is 18.1 Å². The number of benzene rings is 1. The van der Waals surface area contributed by atoms with Crippen molar-refractivity contribution >= 4 is 5.91 Å². The molecular weight excluding hydrogens is 380 g/mol. The molecule has 7 heteroatoms. The van der Waals surface area contributed by atoms with Crippen LogP contribution in [0.1, 0.15) is 30.9 Å². The van der Waals surface area contributed by atoms with E-state index in [0.717, 1.165) is 38.2 Å². The van der Waals surface area contributed by atoms with Gasteiger partial charge in [0.05, 0.1) is 13.2 Å². The van der Waals surface area contributed by atoms with Crippen molar-refractivity contribution < 1.29 is 14.3 Å². The van der Waals surface area contributed by atoms with E-state index in [4.69, 9.17) is 9.47 Å². The number of carbonyl (C=O) groups excluding carboxylic acids is 1. The third kappa shape index (κ3) is 3.99. The van der Waals surface area contributed by atoms with Gasteiger partial charge in [-0.05, 0) is 54.9 Å². The van der Waals surface area contributed by atoms with Crippen LogP contribution in [-0.4, -0.2) is 61.8 Å². The lowest BCUT2D eigenvalue weighted by molar-refractivity contribution is -0.128. The van der Waals surface area contributed by atoms with Crippen molar-refractivity contribution in [3.8, 4) is 5.75 Å². The van der Waals surface area contributed by atoms with Gasteiger partial charge in [0.15, 0.2) is 0 Å². The summed E-state index contributed by atoms with van der Waals surface area (Å²) < 4.78 is 11.1. The zero-order valence-electron chi connectivity index (χ0n) is 17.4. The average Bonchev–Trinajstić information content (AvgIpc) is 3.24. The molecule has 5 unspecified atom stereocenters. The number of likely N-dealkylation sites (tertiary alicyclic amines) is 1. The van der Waals surface area contributed by atoms with Gasteiger partial charge in [-0.1, -0.05) is 18.7 Å². The molecule has 0 radical (unpaired) electrons. The number of hydrogen-bond acceptors (Lipinski definition) is 6. The van der Waals surface area contributed by atoms with Crippen LogP contribution in [0.15, 0.2) is 36.9 Å². The monoisotopic (exact) mass is 412 g/mol. The summed E-state index contributed by atoms with van der Waals surface area (Å²) in [6.07, 6.45) is 4.99. The molecule has 30 heavy (non-hydrogen) atoms. The highest BCUT2D eigenvalue weighted by Crippen LogP contribution is 2.37. The van der Waals surface area contributed by atoms with Gasteiger partial charge in [-0.3, -0.25) is 15.6 Å². The second kappa shape index (κ2) is 8.67. The highest BCUT2D eigenvalue weighted by Gasteiger charge is 2.43. The van der Waals surface area contributed by atoms with Crippen molar-refractivity contribution in [2.24, 2.45) is 11.8 Å². The number of hydrogen-bond donors (Lipinski definition) is 3. The Hall–Kier alpha value is -1.93. The fraction of sp³-hybridized carbons (Fsp3) is 0.609. The number of amides is 1. The number of carbonyl (C=O) groups is 1. The van der Waals surface area contributed by atoms with Crippen LogP contribution in [0.5, 0.6) is 5.75 Å². The molecule has 0 aromatic heterocycles. The van der Waals surface area contributed by atoms with Gasteiger partial charge in [0.1, 0.15) is 11.9 Å². The highest BCUT2D eigenvalue weighted by atomic mass is 16.6. The smallest absolute Gasteiger partial charge is 0.245 e. The Balaban J connectivity index is 1.30. The number of rotatable bonds is 5. The Bertz CT molecular complexity index is 766. The Morgan fingerprint density at radius 2 is 2.07 bits per heavy atom. The van der Waals surface area contributed by atoms with Gasteiger partial charge in [-0.25, -0.2) is 0 Å². The number of piperidine rings is 2. The molecule has 0 aliphatic carbocycles. The van der Waals surface area contributed by atoms with E-state index in [2.05, 4.69) is 47.0 Å². The molecule has 1 aromatic carbocycles. The normalized spacial score (nSPS) is 34.1. The molecule has 7 nitrogen and oxygen atoms in total. The standard InChI is InChI=1S/C23H32N4O3/c1-2-21(28)27-9-3-4-16(12-27)20-10-17-11-24-26-23(17)22(25-20)15-5-7-18(8-6-15)30-19-13-29-14-19/h2,5-8,16-17,19-20,22-26H,1,3-4,9-14H2. The molecule has 4 heterocycles. The second-order valence-corrected chi connectivity index (χ2v) is 9.03. The second-order valence-electron chi connectivity index (χ2n) is 9.03. The summed E-state index contributed by atoms with van der Waals surface area (Å²) in [6, 6.07) is 9.50. The Kier molecular flexibility index (Phi) is 5.78. The molecule has 3 N–H and O–H groups in total. The van der Waals surface area contributed by atoms with Gasteiger partial charge in [0, 0.05) is 37.8 Å². The molecule has 1 aromatic rings. The number of ether oxygens (including phenoxy) is 2. The third-order valence-electron chi connectivity index (χ3n) is 7.11. The minimum atomic E-state index is 0.0570. The Morgan fingerprint density at radius 1 is 1.23 bits per heavy atom. The first-order valence-corrected chi connectivity index (χ1v) is 11.2. The van der Waals surface area contributed by atoms with Crippen LogP contribution in [0.25, 0.3) is 0 Å². The van der Waals surface area contributed by atoms with E-state index in [9.17, 15) is 4.79 Å². The zero-order chi connectivity index (χ0) is 20.5. The van der Waals surface area contributed by atoms with E-state index < -0.39 is 0 Å². The Morgan fingerprint density at radius 3 is 2.80 bits per heavy atom. The minimum absolute atomic E-state index is 0.0570. The lowest BCUT2D eigenvalue weighted by Gasteiger charge is -2.45. The molecule has 0 saturated carbocycles. The summed E-state index contributed by atoms with van der Waals surface area (Å²) in [5.41, 5.74) is 8.14. The van der Waals surface area contributed by atoms with Crippen LogP contribution >= 0.6 is 0 Å². The van der Waals surface area contributed by atoms with Gasteiger partial charge in [0.25, 0.3) is 0 Å². The molecule has 4 aliphatic heterocycles. The molecule has 1 amide bonds. The predicted molar refractivity (Wildman–Crippen MR) is 114 cm³/mol. The molecule has 4 fully saturated rings. The lowest BCUT2D eigenvalue weighted by Crippen LogP contribution is -2.56. The molecule has 4 aliphatic rings. The van der Waals surface area contributed by atoms with Crippen molar-refractivity contribution in [3.05, 3.63) is 42.5 Å². The fourth-order valence-electron chi connectivity index (χ4n) is 5.39. The van der Waals surface area contributed by atoms with Crippen molar-refractivity contribution in [1.29, 1.82) is 0 Å². The number of fused-ring (bicyclic) bond motifs is 1. The van der Waals surface area contributed by atoms with E-state index >= 15 is 0 Å². The summed E-state index contributed by atoms with van der Waals surface area (Å²) in [5, 5.41) is 3.94. The quantitative estimate of drug-likeness (QED) is 0.635. The van der Waals surface area contributed by atoms with E-state index in [0.29, 0.717) is 37.1 Å². The molecule has 5 rings (SSSR count). The molecule has 5 atom stereocenters. The third-order valence-corrected chi connectivity index (χ3v) is 7.11. The van der Waals surface area contributed by atoms with Gasteiger partial charge in [0.2, 0.25) is 5.91 Å². The molecule has 0 spiro atoms. The lowest BCUT2D eigenvalue weighted by atomic mass is 9.76. The number of nitrogens with one attached hydrogen (secondary N) is 3. The largest absolute Gasteiger partial charge is 0.486 e.